The Kier molecular flexibility index (Phi) is 35.6. The summed E-state index contributed by atoms with van der Waals surface area (Å²) < 4.78 is 33.0. The van der Waals surface area contributed by atoms with Crippen molar-refractivity contribution in [3.8, 4) is 0 Å². The van der Waals surface area contributed by atoms with Crippen molar-refractivity contribution in [3.63, 3.8) is 0 Å². The number of hydrogen-bond acceptors (Lipinski definition) is 9. The molecule has 11 heteroatoms. The van der Waals surface area contributed by atoms with Crippen LogP contribution in [0.1, 0.15) is 200 Å². The molecule has 0 saturated carbocycles. The van der Waals surface area contributed by atoms with E-state index in [9.17, 15) is 24.2 Å². The maximum atomic E-state index is 12.6. The Morgan fingerprint density at radius 1 is 0.560 bits per heavy atom. The number of carbonyl (C=O) groups excluding carboxylic acids is 2. The predicted molar refractivity (Wildman–Crippen MR) is 201 cm³/mol. The van der Waals surface area contributed by atoms with Crippen LogP contribution in [-0.2, 0) is 32.7 Å². The van der Waals surface area contributed by atoms with Gasteiger partial charge in [0.2, 0.25) is 0 Å². The number of esters is 2. The highest BCUT2D eigenvalue weighted by Gasteiger charge is 2.26. The summed E-state index contributed by atoms with van der Waals surface area (Å²) in [6.07, 6.45) is 29.5. The fourth-order valence-electron chi connectivity index (χ4n) is 5.80. The van der Waals surface area contributed by atoms with Crippen LogP contribution in [0.4, 0.5) is 0 Å². The van der Waals surface area contributed by atoms with Gasteiger partial charge in [0, 0.05) is 12.8 Å². The van der Waals surface area contributed by atoms with Crippen LogP contribution in [-0.4, -0.2) is 65.7 Å². The zero-order chi connectivity index (χ0) is 37.0. The molecule has 0 rings (SSSR count). The van der Waals surface area contributed by atoms with Crippen LogP contribution in [0.5, 0.6) is 0 Å². The lowest BCUT2D eigenvalue weighted by Gasteiger charge is -2.20. The summed E-state index contributed by atoms with van der Waals surface area (Å²) in [4.78, 5) is 35.0. The summed E-state index contributed by atoms with van der Waals surface area (Å²) in [5.74, 6) is -0.888. The summed E-state index contributed by atoms with van der Waals surface area (Å²) in [6, 6.07) is 0. The Labute approximate surface area is 305 Å². The van der Waals surface area contributed by atoms with E-state index < -0.39 is 45.2 Å². The summed E-state index contributed by atoms with van der Waals surface area (Å²) in [6.45, 7) is 2.89. The molecule has 298 valence electrons. The van der Waals surface area contributed by atoms with Crippen LogP contribution >= 0.6 is 7.82 Å². The quantitative estimate of drug-likeness (QED) is 0.0316. The second kappa shape index (κ2) is 36.3. The van der Waals surface area contributed by atoms with Gasteiger partial charge in [0.15, 0.2) is 6.10 Å². The number of ether oxygens (including phenoxy) is 2. The van der Waals surface area contributed by atoms with Gasteiger partial charge in [-0.25, -0.2) is 4.57 Å². The summed E-state index contributed by atoms with van der Waals surface area (Å²) >= 11 is 0. The van der Waals surface area contributed by atoms with Gasteiger partial charge in [0.1, 0.15) is 6.61 Å². The van der Waals surface area contributed by atoms with Gasteiger partial charge in [-0.2, -0.15) is 0 Å². The van der Waals surface area contributed by atoms with E-state index in [-0.39, 0.29) is 32.5 Å². The smallest absolute Gasteiger partial charge is 0.462 e. The number of phosphoric ester groups is 1. The average Bonchev–Trinajstić information content (AvgIpc) is 3.09. The molecule has 50 heavy (non-hydrogen) atoms. The predicted octanol–water partition coefficient (Wildman–Crippen LogP) is 10.3. The number of hydrogen-bond donors (Lipinski definition) is 3. The molecule has 0 aliphatic heterocycles. The molecule has 0 aromatic carbocycles. The van der Waals surface area contributed by atoms with E-state index in [1.54, 1.807) is 0 Å². The maximum Gasteiger partial charge on any atom is 0.472 e. The van der Waals surface area contributed by atoms with Crippen molar-refractivity contribution < 1.29 is 47.8 Å². The van der Waals surface area contributed by atoms with Crippen molar-refractivity contribution in [1.82, 2.24) is 0 Å². The summed E-state index contributed by atoms with van der Waals surface area (Å²) in [7, 11) is -4.52. The van der Waals surface area contributed by atoms with E-state index in [1.807, 2.05) is 0 Å². The van der Waals surface area contributed by atoms with E-state index in [1.165, 1.54) is 122 Å². The van der Waals surface area contributed by atoms with Gasteiger partial charge < -0.3 is 24.6 Å². The average molecular weight is 737 g/mol. The van der Waals surface area contributed by atoms with Gasteiger partial charge in [-0.3, -0.25) is 18.6 Å². The maximum absolute atomic E-state index is 12.6. The number of aliphatic hydroxyl groups excluding tert-OH is 2. The number of phosphoric acid groups is 1. The van der Waals surface area contributed by atoms with Gasteiger partial charge in [0.25, 0.3) is 0 Å². The summed E-state index contributed by atoms with van der Waals surface area (Å²) in [5, 5.41) is 18.3. The molecule has 3 atom stereocenters. The third-order valence-corrected chi connectivity index (χ3v) is 10.0. The van der Waals surface area contributed by atoms with Gasteiger partial charge in [-0.15, -0.1) is 0 Å². The minimum Gasteiger partial charge on any atom is -0.462 e. The van der Waals surface area contributed by atoms with Crippen LogP contribution < -0.4 is 0 Å². The summed E-state index contributed by atoms with van der Waals surface area (Å²) in [5.41, 5.74) is 0. The monoisotopic (exact) mass is 737 g/mol. The molecule has 0 spiro atoms. The van der Waals surface area contributed by atoms with Crippen molar-refractivity contribution >= 4 is 19.8 Å². The zero-order valence-corrected chi connectivity index (χ0v) is 33.0. The fraction of sp³-hybridized carbons (Fsp3) is 0.949. The molecule has 0 saturated heterocycles. The van der Waals surface area contributed by atoms with Crippen LogP contribution in [0, 0.1) is 0 Å². The molecule has 10 nitrogen and oxygen atoms in total. The van der Waals surface area contributed by atoms with Crippen molar-refractivity contribution in [2.45, 2.75) is 212 Å². The van der Waals surface area contributed by atoms with E-state index in [0.29, 0.717) is 6.42 Å². The molecule has 0 amide bonds. The SMILES string of the molecule is CCCCCCCCCCCCCCCC(=O)OC[C@H](COP(=O)(O)OCCC(O)CO)OC(=O)CCCCCCCCCCCCCCC. The van der Waals surface area contributed by atoms with E-state index in [0.717, 1.165) is 38.5 Å². The Morgan fingerprint density at radius 2 is 0.940 bits per heavy atom. The van der Waals surface area contributed by atoms with Crippen LogP contribution in [0.25, 0.3) is 0 Å². The number of carbonyl (C=O) groups is 2. The molecule has 0 aliphatic carbocycles. The first-order valence-corrected chi connectivity index (χ1v) is 22.0. The van der Waals surface area contributed by atoms with Crippen molar-refractivity contribution in [2.24, 2.45) is 0 Å². The molecule has 2 unspecified atom stereocenters. The topological polar surface area (TPSA) is 149 Å². The Balaban J connectivity index is 4.35. The first-order chi connectivity index (χ1) is 24.2. The molecule has 0 aliphatic rings. The third-order valence-electron chi connectivity index (χ3n) is 9.04. The standard InChI is InChI=1S/C39H77O10P/c1-3-5-7-9-11-13-15-17-19-21-23-25-27-29-38(42)46-34-37(35-48-50(44,45)47-32-31-36(41)33-40)49-39(43)30-28-26-24-22-20-18-16-14-12-10-8-6-4-2/h36-37,40-41H,3-35H2,1-2H3,(H,44,45)/t36?,37-/m1/s1. The molecule has 0 fully saturated rings. The van der Waals surface area contributed by atoms with E-state index >= 15 is 0 Å². The largest absolute Gasteiger partial charge is 0.472 e. The minimum absolute atomic E-state index is 0.0568. The van der Waals surface area contributed by atoms with Crippen LogP contribution in [0.3, 0.4) is 0 Å². The number of rotatable bonds is 39. The molecular formula is C39H77O10P. The lowest BCUT2D eigenvalue weighted by molar-refractivity contribution is -0.161. The third kappa shape index (κ3) is 35.4. The van der Waals surface area contributed by atoms with Crippen LogP contribution in [0.15, 0.2) is 0 Å². The molecule has 0 aromatic rings. The van der Waals surface area contributed by atoms with Gasteiger partial charge in [0.05, 0.1) is 25.9 Å². The lowest BCUT2D eigenvalue weighted by Crippen LogP contribution is -2.29. The van der Waals surface area contributed by atoms with Gasteiger partial charge >= 0.3 is 19.8 Å². The van der Waals surface area contributed by atoms with E-state index in [2.05, 4.69) is 13.8 Å². The molecule has 3 N–H and O–H groups in total. The highest BCUT2D eigenvalue weighted by molar-refractivity contribution is 7.47. The first kappa shape index (κ1) is 49.0. The molecule has 0 radical (unpaired) electrons. The highest BCUT2D eigenvalue weighted by atomic mass is 31.2. The first-order valence-electron chi connectivity index (χ1n) is 20.5. The van der Waals surface area contributed by atoms with Crippen LogP contribution in [0.2, 0.25) is 0 Å². The molecule has 0 heterocycles. The lowest BCUT2D eigenvalue weighted by atomic mass is 10.0. The number of aliphatic hydroxyl groups is 2. The van der Waals surface area contributed by atoms with Crippen molar-refractivity contribution in [2.75, 3.05) is 26.4 Å². The highest BCUT2D eigenvalue weighted by Crippen LogP contribution is 2.43. The Bertz CT molecular complexity index is 812. The number of unbranched alkanes of at least 4 members (excludes halogenated alkanes) is 24. The van der Waals surface area contributed by atoms with Crippen molar-refractivity contribution in [3.05, 3.63) is 0 Å². The second-order valence-electron chi connectivity index (χ2n) is 14.0. The van der Waals surface area contributed by atoms with Gasteiger partial charge in [-0.1, -0.05) is 168 Å². The second-order valence-corrected chi connectivity index (χ2v) is 15.5. The molecule has 0 bridgehead atoms. The fourth-order valence-corrected chi connectivity index (χ4v) is 6.57. The Hall–Kier alpha value is -1.03. The van der Waals surface area contributed by atoms with Gasteiger partial charge in [-0.05, 0) is 19.3 Å². The van der Waals surface area contributed by atoms with Crippen molar-refractivity contribution in [1.29, 1.82) is 0 Å². The Morgan fingerprint density at radius 3 is 1.34 bits per heavy atom. The normalized spacial score (nSPS) is 13.9. The minimum atomic E-state index is -4.52. The molecule has 0 aromatic heterocycles. The van der Waals surface area contributed by atoms with E-state index in [4.69, 9.17) is 23.6 Å². The molecular weight excluding hydrogens is 659 g/mol. The zero-order valence-electron chi connectivity index (χ0n) is 32.1.